The topological polar surface area (TPSA) is 30.5 Å². The van der Waals surface area contributed by atoms with Crippen LogP contribution in [0, 0.1) is 0 Å². The largest absolute Gasteiger partial charge is 0.492 e. The van der Waals surface area contributed by atoms with E-state index in [2.05, 4.69) is 19.2 Å². The highest BCUT2D eigenvalue weighted by Gasteiger charge is 2.15. The minimum atomic E-state index is -0.00516. The molecule has 0 spiro atoms. The quantitative estimate of drug-likeness (QED) is 0.718. The van der Waals surface area contributed by atoms with Gasteiger partial charge in [0.25, 0.3) is 0 Å². The van der Waals surface area contributed by atoms with Gasteiger partial charge in [-0.25, -0.2) is 0 Å². The molecule has 0 amide bonds. The van der Waals surface area contributed by atoms with Crippen molar-refractivity contribution in [1.29, 1.82) is 0 Å². The molecular formula is C13H21NO2. The molecule has 1 rings (SSSR count). The van der Waals surface area contributed by atoms with E-state index in [9.17, 15) is 0 Å². The summed E-state index contributed by atoms with van der Waals surface area (Å²) in [6.07, 6.45) is 0. The third kappa shape index (κ3) is 5.14. The molecule has 0 atom stereocenters. The highest BCUT2D eigenvalue weighted by Crippen LogP contribution is 2.07. The van der Waals surface area contributed by atoms with Gasteiger partial charge in [-0.05, 0) is 26.0 Å². The maximum absolute atomic E-state index is 5.58. The molecule has 0 aliphatic heterocycles. The summed E-state index contributed by atoms with van der Waals surface area (Å²) in [5, 5.41) is 3.38. The number of hydrogen-bond acceptors (Lipinski definition) is 3. The first kappa shape index (κ1) is 13.0. The van der Waals surface area contributed by atoms with Crippen LogP contribution in [0.1, 0.15) is 13.8 Å². The molecule has 1 aromatic rings. The molecule has 0 bridgehead atoms. The second-order valence-corrected chi connectivity index (χ2v) is 4.41. The molecule has 16 heavy (non-hydrogen) atoms. The van der Waals surface area contributed by atoms with Crippen LogP contribution >= 0.6 is 0 Å². The first-order chi connectivity index (χ1) is 7.64. The molecule has 0 radical (unpaired) electrons. The van der Waals surface area contributed by atoms with Crippen molar-refractivity contribution < 1.29 is 9.47 Å². The minimum absolute atomic E-state index is 0.00516. The van der Waals surface area contributed by atoms with E-state index < -0.39 is 0 Å². The van der Waals surface area contributed by atoms with Crippen LogP contribution in [0.5, 0.6) is 5.75 Å². The summed E-state index contributed by atoms with van der Waals surface area (Å²) < 4.78 is 10.7. The van der Waals surface area contributed by atoms with Crippen molar-refractivity contribution in [2.45, 2.75) is 19.4 Å². The van der Waals surface area contributed by atoms with Crippen LogP contribution in [0.4, 0.5) is 0 Å². The fourth-order valence-corrected chi connectivity index (χ4v) is 1.49. The molecule has 0 unspecified atom stereocenters. The standard InChI is InChI=1S/C13H21NO2/c1-13(2,11-15-3)14-9-10-16-12-7-5-4-6-8-12/h4-8,14H,9-11H2,1-3H3. The molecule has 0 heterocycles. The van der Waals surface area contributed by atoms with Gasteiger partial charge in [-0.15, -0.1) is 0 Å². The van der Waals surface area contributed by atoms with E-state index in [1.807, 2.05) is 30.3 Å². The molecule has 3 nitrogen and oxygen atoms in total. The van der Waals surface area contributed by atoms with E-state index in [1.54, 1.807) is 7.11 Å². The molecular weight excluding hydrogens is 202 g/mol. The Kier molecular flexibility index (Phi) is 5.29. The molecule has 3 heteroatoms. The maximum Gasteiger partial charge on any atom is 0.119 e. The molecule has 0 saturated heterocycles. The summed E-state index contributed by atoms with van der Waals surface area (Å²) in [6, 6.07) is 9.84. The molecule has 0 aromatic heterocycles. The van der Waals surface area contributed by atoms with Gasteiger partial charge in [-0.1, -0.05) is 18.2 Å². The number of para-hydroxylation sites is 1. The normalized spacial score (nSPS) is 11.4. The predicted octanol–water partition coefficient (Wildman–Crippen LogP) is 2.08. The number of benzene rings is 1. The Hall–Kier alpha value is -1.06. The van der Waals surface area contributed by atoms with Gasteiger partial charge < -0.3 is 14.8 Å². The van der Waals surface area contributed by atoms with Gasteiger partial charge in [0.15, 0.2) is 0 Å². The maximum atomic E-state index is 5.58. The minimum Gasteiger partial charge on any atom is -0.492 e. The van der Waals surface area contributed by atoms with E-state index in [0.717, 1.165) is 12.3 Å². The van der Waals surface area contributed by atoms with Crippen molar-refractivity contribution in [3.05, 3.63) is 30.3 Å². The molecule has 0 aliphatic carbocycles. The predicted molar refractivity (Wildman–Crippen MR) is 65.9 cm³/mol. The fourth-order valence-electron chi connectivity index (χ4n) is 1.49. The number of nitrogens with one attached hydrogen (secondary N) is 1. The van der Waals surface area contributed by atoms with Crippen LogP contribution in [-0.2, 0) is 4.74 Å². The van der Waals surface area contributed by atoms with Crippen LogP contribution in [0.25, 0.3) is 0 Å². The molecule has 1 aromatic carbocycles. The first-order valence-electron chi connectivity index (χ1n) is 5.56. The second kappa shape index (κ2) is 6.51. The summed E-state index contributed by atoms with van der Waals surface area (Å²) >= 11 is 0. The Labute approximate surface area is 97.8 Å². The van der Waals surface area contributed by atoms with E-state index in [4.69, 9.17) is 9.47 Å². The van der Waals surface area contributed by atoms with Crippen LogP contribution in [0.2, 0.25) is 0 Å². The number of rotatable bonds is 7. The van der Waals surface area contributed by atoms with Gasteiger partial charge in [0.1, 0.15) is 12.4 Å². The molecule has 90 valence electrons. The number of methoxy groups -OCH3 is 1. The first-order valence-corrected chi connectivity index (χ1v) is 5.56. The van der Waals surface area contributed by atoms with Crippen molar-refractivity contribution in [1.82, 2.24) is 5.32 Å². The van der Waals surface area contributed by atoms with Gasteiger partial charge in [-0.3, -0.25) is 0 Å². The van der Waals surface area contributed by atoms with Crippen LogP contribution < -0.4 is 10.1 Å². The Morgan fingerprint density at radius 3 is 2.50 bits per heavy atom. The Morgan fingerprint density at radius 1 is 1.19 bits per heavy atom. The van der Waals surface area contributed by atoms with Crippen LogP contribution in [0.3, 0.4) is 0 Å². The zero-order valence-electron chi connectivity index (χ0n) is 10.3. The highest BCUT2D eigenvalue weighted by atomic mass is 16.5. The summed E-state index contributed by atoms with van der Waals surface area (Å²) in [5.74, 6) is 0.911. The van der Waals surface area contributed by atoms with E-state index in [-0.39, 0.29) is 5.54 Å². The SMILES string of the molecule is COCC(C)(C)NCCOc1ccccc1. The Balaban J connectivity index is 2.17. The highest BCUT2D eigenvalue weighted by molar-refractivity contribution is 5.20. The van der Waals surface area contributed by atoms with Gasteiger partial charge >= 0.3 is 0 Å². The summed E-state index contributed by atoms with van der Waals surface area (Å²) in [5.41, 5.74) is -0.00516. The summed E-state index contributed by atoms with van der Waals surface area (Å²) in [4.78, 5) is 0. The van der Waals surface area contributed by atoms with Crippen molar-refractivity contribution in [3.8, 4) is 5.75 Å². The fraction of sp³-hybridized carbons (Fsp3) is 0.538. The van der Waals surface area contributed by atoms with Gasteiger partial charge in [0.2, 0.25) is 0 Å². The van der Waals surface area contributed by atoms with Crippen LogP contribution in [-0.4, -0.2) is 32.4 Å². The Morgan fingerprint density at radius 2 is 1.88 bits per heavy atom. The van der Waals surface area contributed by atoms with Crippen LogP contribution in [0.15, 0.2) is 30.3 Å². The molecule has 0 aliphatic rings. The lowest BCUT2D eigenvalue weighted by molar-refractivity contribution is 0.125. The van der Waals surface area contributed by atoms with E-state index in [0.29, 0.717) is 13.2 Å². The summed E-state index contributed by atoms with van der Waals surface area (Å²) in [6.45, 7) is 6.39. The lowest BCUT2D eigenvalue weighted by Crippen LogP contribution is -2.45. The van der Waals surface area contributed by atoms with E-state index in [1.165, 1.54) is 0 Å². The van der Waals surface area contributed by atoms with Crippen molar-refractivity contribution >= 4 is 0 Å². The van der Waals surface area contributed by atoms with E-state index >= 15 is 0 Å². The third-order valence-corrected chi connectivity index (χ3v) is 2.22. The number of ether oxygens (including phenoxy) is 2. The Bertz CT molecular complexity index is 285. The molecule has 0 saturated carbocycles. The van der Waals surface area contributed by atoms with Crippen molar-refractivity contribution in [3.63, 3.8) is 0 Å². The second-order valence-electron chi connectivity index (χ2n) is 4.41. The monoisotopic (exact) mass is 223 g/mol. The van der Waals surface area contributed by atoms with Gasteiger partial charge in [-0.2, -0.15) is 0 Å². The number of hydrogen-bond donors (Lipinski definition) is 1. The average Bonchev–Trinajstić information content (AvgIpc) is 2.26. The third-order valence-electron chi connectivity index (χ3n) is 2.22. The smallest absolute Gasteiger partial charge is 0.119 e. The lowest BCUT2D eigenvalue weighted by atomic mass is 10.1. The van der Waals surface area contributed by atoms with Crippen molar-refractivity contribution in [2.24, 2.45) is 0 Å². The van der Waals surface area contributed by atoms with Crippen molar-refractivity contribution in [2.75, 3.05) is 26.9 Å². The zero-order valence-corrected chi connectivity index (χ0v) is 10.3. The van der Waals surface area contributed by atoms with Gasteiger partial charge in [0.05, 0.1) is 6.61 Å². The summed E-state index contributed by atoms with van der Waals surface area (Å²) in [7, 11) is 1.71. The average molecular weight is 223 g/mol. The lowest BCUT2D eigenvalue weighted by Gasteiger charge is -2.25. The van der Waals surface area contributed by atoms with Gasteiger partial charge in [0, 0.05) is 19.2 Å². The zero-order chi connectivity index (χ0) is 11.9. The molecule has 1 N–H and O–H groups in total. The molecule has 0 fully saturated rings.